The minimum atomic E-state index is -1.01. The smallest absolute Gasteiger partial charge is 0.200 e. The van der Waals surface area contributed by atoms with Crippen molar-refractivity contribution in [2.24, 2.45) is 0 Å². The number of anilines is 1. The van der Waals surface area contributed by atoms with Gasteiger partial charge in [-0.3, -0.25) is 5.32 Å². The molecule has 7 rings (SSSR count). The number of aromatic hydroxyl groups is 1. The Balaban J connectivity index is 1.31. The minimum Gasteiger partial charge on any atom is -0.502 e. The number of hydrogen-bond donors (Lipinski definition) is 6. The van der Waals surface area contributed by atoms with Crippen LogP contribution in [0, 0.1) is 0 Å². The third kappa shape index (κ3) is 5.69. The van der Waals surface area contributed by atoms with Gasteiger partial charge in [0.2, 0.25) is 5.75 Å². The predicted octanol–water partition coefficient (Wildman–Crippen LogP) is 4.66. The van der Waals surface area contributed by atoms with Crippen LogP contribution in [0.4, 0.5) is 5.69 Å². The number of benzene rings is 3. The third-order valence-corrected chi connectivity index (χ3v) is 9.86. The van der Waals surface area contributed by atoms with Gasteiger partial charge in [-0.25, -0.2) is 0 Å². The van der Waals surface area contributed by atoms with E-state index in [-0.39, 0.29) is 25.2 Å². The molecule has 0 aromatic heterocycles. The van der Waals surface area contributed by atoms with Crippen LogP contribution in [0.3, 0.4) is 0 Å². The van der Waals surface area contributed by atoms with E-state index in [1.54, 1.807) is 6.07 Å². The van der Waals surface area contributed by atoms with E-state index in [9.17, 15) is 15.3 Å². The van der Waals surface area contributed by atoms with Crippen molar-refractivity contribution in [2.75, 3.05) is 52.5 Å². The molecule has 1 saturated carbocycles. The van der Waals surface area contributed by atoms with Crippen LogP contribution in [0.1, 0.15) is 78.7 Å². The minimum absolute atomic E-state index is 0.0346. The molecule has 3 atom stereocenters. The van der Waals surface area contributed by atoms with Crippen LogP contribution in [-0.4, -0.2) is 68.6 Å². The van der Waals surface area contributed by atoms with Crippen molar-refractivity contribution >= 4 is 5.69 Å². The molecule has 252 valence electrons. The molecule has 2 heterocycles. The zero-order valence-corrected chi connectivity index (χ0v) is 27.3. The molecule has 0 spiro atoms. The maximum atomic E-state index is 12.2. The summed E-state index contributed by atoms with van der Waals surface area (Å²) in [4.78, 5) is 0. The van der Waals surface area contributed by atoms with Gasteiger partial charge < -0.3 is 49.6 Å². The van der Waals surface area contributed by atoms with Crippen LogP contribution in [0.15, 0.2) is 24.3 Å². The molecule has 3 aromatic rings. The van der Waals surface area contributed by atoms with Crippen molar-refractivity contribution in [1.82, 2.24) is 10.6 Å². The number of hydrogen-bond acceptors (Lipinski definition) is 11. The number of phenols is 1. The lowest BCUT2D eigenvalue weighted by atomic mass is 9.74. The van der Waals surface area contributed by atoms with Gasteiger partial charge in [-0.15, -0.1) is 0 Å². The molecule has 11 heteroatoms. The Morgan fingerprint density at radius 1 is 0.936 bits per heavy atom. The molecule has 2 aliphatic carbocycles. The van der Waals surface area contributed by atoms with Crippen molar-refractivity contribution in [3.05, 3.63) is 52.1 Å². The molecule has 11 nitrogen and oxygen atoms in total. The Kier molecular flexibility index (Phi) is 8.97. The third-order valence-electron chi connectivity index (χ3n) is 9.86. The Bertz CT molecular complexity index is 1640. The van der Waals surface area contributed by atoms with Gasteiger partial charge in [-0.1, -0.05) is 6.92 Å². The summed E-state index contributed by atoms with van der Waals surface area (Å²) in [5.41, 5.74) is 6.70. The van der Waals surface area contributed by atoms with Gasteiger partial charge in [0.1, 0.15) is 30.6 Å². The standard InChI is InChI=1S/C36H45N3O8/c1-4-38-18-46-27-16-25(44-12-11-37-2)21-9-10-22-30-24(39-36(42)33(27)32(21)30)15-26-31(22)34(40)23(17-45-26)19-13-28(43-3)35(41)29(14-19)47-20-7-5-6-8-20/h13-16,20,23,34,36-42H,4-12,17-18H2,1-3H3/t23-,34-,36+/m0/s1. The van der Waals surface area contributed by atoms with Crippen LogP contribution in [0.25, 0.3) is 11.1 Å². The summed E-state index contributed by atoms with van der Waals surface area (Å²) in [6.45, 7) is 4.42. The topological polar surface area (TPSA) is 143 Å². The van der Waals surface area contributed by atoms with Crippen molar-refractivity contribution < 1.29 is 39.0 Å². The van der Waals surface area contributed by atoms with Crippen molar-refractivity contribution in [1.29, 1.82) is 0 Å². The predicted molar refractivity (Wildman–Crippen MR) is 177 cm³/mol. The second kappa shape index (κ2) is 13.3. The summed E-state index contributed by atoms with van der Waals surface area (Å²) in [6.07, 6.45) is 3.54. The van der Waals surface area contributed by atoms with Crippen molar-refractivity contribution in [3.63, 3.8) is 0 Å². The van der Waals surface area contributed by atoms with Gasteiger partial charge in [-0.05, 0) is 75.4 Å². The second-order valence-electron chi connectivity index (χ2n) is 12.7. The first-order chi connectivity index (χ1) is 22.9. The SMILES string of the molecule is CCNCOc1cc(OCCNC)c2c3c1[C@@H](O)Nc1cc4c(c(c1-3)CC2)[C@@H](O)[C@H](c1cc(OC)c(O)c(OC2CCCC2)c1)CO4. The number of aliphatic hydroxyl groups is 2. The van der Waals surface area contributed by atoms with Gasteiger partial charge in [0.25, 0.3) is 0 Å². The van der Waals surface area contributed by atoms with Gasteiger partial charge in [0, 0.05) is 52.5 Å². The maximum absolute atomic E-state index is 12.2. The van der Waals surface area contributed by atoms with Crippen LogP contribution in [-0.2, 0) is 12.8 Å². The molecular weight excluding hydrogens is 602 g/mol. The van der Waals surface area contributed by atoms with Gasteiger partial charge in [0.15, 0.2) is 17.7 Å². The van der Waals surface area contributed by atoms with Gasteiger partial charge >= 0.3 is 0 Å². The summed E-state index contributed by atoms with van der Waals surface area (Å²) in [6, 6.07) is 7.35. The van der Waals surface area contributed by atoms with Crippen LogP contribution >= 0.6 is 0 Å². The summed E-state index contributed by atoms with van der Waals surface area (Å²) in [5, 5.41) is 44.1. The van der Waals surface area contributed by atoms with Crippen LogP contribution in [0.2, 0.25) is 0 Å². The largest absolute Gasteiger partial charge is 0.502 e. The van der Waals surface area contributed by atoms with E-state index in [1.165, 1.54) is 7.11 Å². The summed E-state index contributed by atoms with van der Waals surface area (Å²) < 4.78 is 30.6. The molecule has 6 N–H and O–H groups in total. The molecule has 1 fully saturated rings. The Morgan fingerprint density at radius 2 is 1.72 bits per heavy atom. The highest BCUT2D eigenvalue weighted by atomic mass is 16.5. The fourth-order valence-electron chi connectivity index (χ4n) is 7.54. The number of phenolic OH excluding ortho intramolecular Hbond substituents is 1. The summed E-state index contributed by atoms with van der Waals surface area (Å²) >= 11 is 0. The zero-order chi connectivity index (χ0) is 32.7. The lowest BCUT2D eigenvalue weighted by Crippen LogP contribution is -2.29. The quantitative estimate of drug-likeness (QED) is 0.121. The highest BCUT2D eigenvalue weighted by Crippen LogP contribution is 2.57. The number of rotatable bonds is 12. The van der Waals surface area contributed by atoms with E-state index in [0.29, 0.717) is 54.6 Å². The van der Waals surface area contributed by atoms with E-state index in [0.717, 1.165) is 77.0 Å². The average Bonchev–Trinajstić information content (AvgIpc) is 3.58. The van der Waals surface area contributed by atoms with Gasteiger partial charge in [-0.2, -0.15) is 0 Å². The second-order valence-corrected chi connectivity index (χ2v) is 12.7. The lowest BCUT2D eigenvalue weighted by Gasteiger charge is -2.39. The maximum Gasteiger partial charge on any atom is 0.200 e. The van der Waals surface area contributed by atoms with Crippen LogP contribution < -0.4 is 39.6 Å². The molecule has 4 aliphatic rings. The molecule has 47 heavy (non-hydrogen) atoms. The normalized spacial score (nSPS) is 20.9. The average molecular weight is 648 g/mol. The van der Waals surface area contributed by atoms with Crippen molar-refractivity contribution in [2.45, 2.75) is 69.8 Å². The highest BCUT2D eigenvalue weighted by molar-refractivity contribution is 5.93. The monoisotopic (exact) mass is 647 g/mol. The van der Waals surface area contributed by atoms with Gasteiger partial charge in [0.05, 0.1) is 31.5 Å². The molecule has 0 saturated heterocycles. The summed E-state index contributed by atoms with van der Waals surface area (Å²) in [5.74, 6) is 2.06. The lowest BCUT2D eigenvalue weighted by molar-refractivity contribution is 0.0876. The first-order valence-electron chi connectivity index (χ1n) is 16.8. The van der Waals surface area contributed by atoms with E-state index < -0.39 is 18.2 Å². The molecule has 3 aromatic carbocycles. The number of methoxy groups -OCH3 is 1. The Labute approximate surface area is 275 Å². The summed E-state index contributed by atoms with van der Waals surface area (Å²) in [7, 11) is 3.40. The molecule has 0 amide bonds. The van der Waals surface area contributed by atoms with Crippen molar-refractivity contribution in [3.8, 4) is 45.6 Å². The molecule has 0 bridgehead atoms. The highest BCUT2D eigenvalue weighted by Gasteiger charge is 2.41. The number of likely N-dealkylation sites (N-methyl/N-ethyl adjacent to an activating group) is 1. The fourth-order valence-corrected chi connectivity index (χ4v) is 7.54. The zero-order valence-electron chi connectivity index (χ0n) is 27.3. The number of ether oxygens (including phenoxy) is 5. The number of aliphatic hydroxyl groups excluding tert-OH is 2. The first-order valence-corrected chi connectivity index (χ1v) is 16.8. The first kappa shape index (κ1) is 31.7. The molecule has 0 unspecified atom stereocenters. The Morgan fingerprint density at radius 3 is 2.49 bits per heavy atom. The van der Waals surface area contributed by atoms with E-state index >= 15 is 0 Å². The molecule has 0 radical (unpaired) electrons. The van der Waals surface area contributed by atoms with E-state index in [2.05, 4.69) is 16.0 Å². The fraction of sp³-hybridized carbons (Fsp3) is 0.500. The molecular formula is C36H45N3O8. The van der Waals surface area contributed by atoms with E-state index in [1.807, 2.05) is 32.2 Å². The Hall–Kier alpha value is -3.90. The molecule has 2 aliphatic heterocycles. The number of nitrogens with one attached hydrogen (secondary N) is 3. The van der Waals surface area contributed by atoms with Crippen LogP contribution in [0.5, 0.6) is 34.5 Å². The number of fused-ring (bicyclic) bond motifs is 2. The van der Waals surface area contributed by atoms with E-state index in [4.69, 9.17) is 23.7 Å².